The number of sulfonamides is 1. The van der Waals surface area contributed by atoms with Gasteiger partial charge >= 0.3 is 5.97 Å². The summed E-state index contributed by atoms with van der Waals surface area (Å²) in [7, 11) is -3.38. The molecule has 0 aliphatic rings. The minimum absolute atomic E-state index is 0.00252. The molecule has 0 aliphatic heterocycles. The average Bonchev–Trinajstić information content (AvgIpc) is 2.72. The minimum atomic E-state index is -3.38. The Morgan fingerprint density at radius 1 is 0.933 bits per heavy atom. The number of halogens is 1. The van der Waals surface area contributed by atoms with E-state index in [2.05, 4.69) is 4.72 Å². The predicted octanol–water partition coefficient (Wildman–Crippen LogP) is 3.57. The molecular formula is C22H26ClNO5S. The highest BCUT2D eigenvalue weighted by Gasteiger charge is 2.12. The van der Waals surface area contributed by atoms with Gasteiger partial charge in [0.05, 0.1) is 18.8 Å². The maximum absolute atomic E-state index is 12.2. The van der Waals surface area contributed by atoms with Crippen molar-refractivity contribution in [3.63, 3.8) is 0 Å². The van der Waals surface area contributed by atoms with Gasteiger partial charge in [0, 0.05) is 23.6 Å². The van der Waals surface area contributed by atoms with Crippen molar-refractivity contribution < 1.29 is 22.7 Å². The maximum atomic E-state index is 12.2. The van der Waals surface area contributed by atoms with E-state index in [0.717, 1.165) is 11.1 Å². The van der Waals surface area contributed by atoms with E-state index in [9.17, 15) is 18.0 Å². The molecule has 0 saturated carbocycles. The number of hydrogen-bond acceptors (Lipinski definition) is 5. The molecule has 0 unspecified atom stereocenters. The van der Waals surface area contributed by atoms with Crippen LogP contribution in [-0.2, 0) is 32.4 Å². The molecule has 0 bridgehead atoms. The van der Waals surface area contributed by atoms with Gasteiger partial charge in [-0.05, 0) is 43.0 Å². The largest absolute Gasteiger partial charge is 0.466 e. The van der Waals surface area contributed by atoms with Gasteiger partial charge in [-0.2, -0.15) is 0 Å². The topological polar surface area (TPSA) is 89.5 Å². The second-order valence-electron chi connectivity index (χ2n) is 6.76. The normalized spacial score (nSPS) is 11.3. The molecule has 0 radical (unpaired) electrons. The van der Waals surface area contributed by atoms with Crippen LogP contribution < -0.4 is 4.72 Å². The lowest BCUT2D eigenvalue weighted by Crippen LogP contribution is -2.29. The molecule has 0 saturated heterocycles. The third-order valence-corrected chi connectivity index (χ3v) is 6.08. The Kier molecular flexibility index (Phi) is 9.49. The number of esters is 1. The Balaban J connectivity index is 1.75. The van der Waals surface area contributed by atoms with Crippen molar-refractivity contribution in [3.8, 4) is 0 Å². The summed E-state index contributed by atoms with van der Waals surface area (Å²) >= 11 is 5.83. The maximum Gasteiger partial charge on any atom is 0.306 e. The van der Waals surface area contributed by atoms with Crippen molar-refractivity contribution >= 4 is 33.4 Å². The average molecular weight is 452 g/mol. The summed E-state index contributed by atoms with van der Waals surface area (Å²) in [6.07, 6.45) is 1.09. The molecule has 2 aromatic rings. The van der Waals surface area contributed by atoms with Crippen LogP contribution in [-0.4, -0.2) is 39.1 Å². The summed E-state index contributed by atoms with van der Waals surface area (Å²) in [5.41, 5.74) is 2.34. The van der Waals surface area contributed by atoms with Crippen molar-refractivity contribution in [1.82, 2.24) is 4.72 Å². The van der Waals surface area contributed by atoms with Crippen LogP contribution in [0.5, 0.6) is 0 Å². The molecule has 6 nitrogen and oxygen atoms in total. The molecule has 0 atom stereocenters. The lowest BCUT2D eigenvalue weighted by Gasteiger charge is -2.08. The lowest BCUT2D eigenvalue weighted by molar-refractivity contribution is -0.143. The molecule has 0 spiro atoms. The van der Waals surface area contributed by atoms with E-state index < -0.39 is 10.0 Å². The number of nitrogens with one attached hydrogen (secondary N) is 1. The summed E-state index contributed by atoms with van der Waals surface area (Å²) in [6, 6.07) is 14.1. The number of benzene rings is 2. The van der Waals surface area contributed by atoms with Crippen LogP contribution >= 0.6 is 11.6 Å². The summed E-state index contributed by atoms with van der Waals surface area (Å²) in [4.78, 5) is 23.4. The van der Waals surface area contributed by atoms with Gasteiger partial charge in [0.15, 0.2) is 5.78 Å². The van der Waals surface area contributed by atoms with E-state index in [1.807, 2.05) is 12.1 Å². The fourth-order valence-corrected chi connectivity index (χ4v) is 3.96. The number of ketones is 1. The molecule has 30 heavy (non-hydrogen) atoms. The molecule has 0 fully saturated rings. The second kappa shape index (κ2) is 11.8. The van der Waals surface area contributed by atoms with E-state index >= 15 is 0 Å². The third kappa shape index (κ3) is 8.65. The van der Waals surface area contributed by atoms with Crippen LogP contribution in [0.1, 0.15) is 41.3 Å². The second-order valence-corrected chi connectivity index (χ2v) is 9.13. The van der Waals surface area contributed by atoms with Gasteiger partial charge < -0.3 is 4.74 Å². The van der Waals surface area contributed by atoms with Gasteiger partial charge in [0.1, 0.15) is 0 Å². The highest BCUT2D eigenvalue weighted by Crippen LogP contribution is 2.11. The van der Waals surface area contributed by atoms with Crippen LogP contribution in [0.3, 0.4) is 0 Å². The van der Waals surface area contributed by atoms with E-state index in [4.69, 9.17) is 16.3 Å². The fourth-order valence-electron chi connectivity index (χ4n) is 2.78. The monoisotopic (exact) mass is 451 g/mol. The quantitative estimate of drug-likeness (QED) is 0.393. The molecule has 0 aliphatic carbocycles. The van der Waals surface area contributed by atoms with E-state index in [1.165, 1.54) is 0 Å². The van der Waals surface area contributed by atoms with Gasteiger partial charge in [0.25, 0.3) is 0 Å². The number of carbonyl (C=O) groups is 2. The van der Waals surface area contributed by atoms with Crippen molar-refractivity contribution in [2.24, 2.45) is 0 Å². The Morgan fingerprint density at radius 3 is 2.17 bits per heavy atom. The van der Waals surface area contributed by atoms with Crippen LogP contribution in [0.2, 0.25) is 5.02 Å². The van der Waals surface area contributed by atoms with Crippen LogP contribution in [0.4, 0.5) is 0 Å². The van der Waals surface area contributed by atoms with Crippen LogP contribution in [0.25, 0.3) is 0 Å². The molecular weight excluding hydrogens is 426 g/mol. The van der Waals surface area contributed by atoms with E-state index in [0.29, 0.717) is 30.0 Å². The third-order valence-electron chi connectivity index (χ3n) is 4.45. The first-order valence-corrected chi connectivity index (χ1v) is 11.8. The van der Waals surface area contributed by atoms with E-state index in [1.54, 1.807) is 43.3 Å². The van der Waals surface area contributed by atoms with E-state index in [-0.39, 0.29) is 36.9 Å². The molecule has 162 valence electrons. The number of aryl methyl sites for hydroxylation is 1. The summed E-state index contributed by atoms with van der Waals surface area (Å²) in [5.74, 6) is -0.508. The predicted molar refractivity (Wildman–Crippen MR) is 117 cm³/mol. The number of carbonyl (C=O) groups excluding carboxylic acids is 2. The lowest BCUT2D eigenvalue weighted by atomic mass is 10.0. The number of Topliss-reactive ketones (excluding diaryl/α,β-unsaturated/α-hetero) is 1. The van der Waals surface area contributed by atoms with Crippen LogP contribution in [0, 0.1) is 0 Å². The molecule has 0 amide bonds. The van der Waals surface area contributed by atoms with Gasteiger partial charge in [-0.1, -0.05) is 48.0 Å². The smallest absolute Gasteiger partial charge is 0.306 e. The van der Waals surface area contributed by atoms with Crippen molar-refractivity contribution in [3.05, 3.63) is 70.2 Å². The number of rotatable bonds is 12. The van der Waals surface area contributed by atoms with Gasteiger partial charge in [-0.15, -0.1) is 0 Å². The molecule has 8 heteroatoms. The fraction of sp³-hybridized carbons (Fsp3) is 0.364. The van der Waals surface area contributed by atoms with Gasteiger partial charge in [-0.3, -0.25) is 9.59 Å². The standard InChI is InChI=1S/C22H26ClNO5S/c1-2-29-22(26)12-11-21(25)19-7-3-17(4-8-19)13-15-24-30(27,28)16-14-18-5-9-20(23)10-6-18/h3-10,24H,2,11-16H2,1H3. The zero-order valence-corrected chi connectivity index (χ0v) is 18.5. The Bertz CT molecular complexity index is 940. The zero-order chi connectivity index (χ0) is 22.0. The summed E-state index contributed by atoms with van der Waals surface area (Å²) < 4.78 is 31.7. The van der Waals surface area contributed by atoms with Crippen molar-refractivity contribution in [1.29, 1.82) is 0 Å². The molecule has 2 rings (SSSR count). The molecule has 2 aromatic carbocycles. The van der Waals surface area contributed by atoms with Crippen LogP contribution in [0.15, 0.2) is 48.5 Å². The highest BCUT2D eigenvalue weighted by atomic mass is 35.5. The van der Waals surface area contributed by atoms with Crippen molar-refractivity contribution in [2.45, 2.75) is 32.6 Å². The number of ether oxygens (including phenoxy) is 1. The SMILES string of the molecule is CCOC(=O)CCC(=O)c1ccc(CCNS(=O)(=O)CCc2ccc(Cl)cc2)cc1. The summed E-state index contributed by atoms with van der Waals surface area (Å²) in [5, 5.41) is 0.617. The molecule has 0 aromatic heterocycles. The summed E-state index contributed by atoms with van der Waals surface area (Å²) in [6.45, 7) is 2.30. The first-order chi connectivity index (χ1) is 14.3. The van der Waals surface area contributed by atoms with Gasteiger partial charge in [-0.25, -0.2) is 13.1 Å². The first-order valence-electron chi connectivity index (χ1n) is 9.78. The molecule has 1 N–H and O–H groups in total. The molecule has 0 heterocycles. The Morgan fingerprint density at radius 2 is 1.53 bits per heavy atom. The number of hydrogen-bond donors (Lipinski definition) is 1. The Labute approximate surface area is 182 Å². The Hall–Kier alpha value is -2.22. The zero-order valence-electron chi connectivity index (χ0n) is 16.9. The van der Waals surface area contributed by atoms with Gasteiger partial charge in [0.2, 0.25) is 10.0 Å². The minimum Gasteiger partial charge on any atom is -0.466 e. The van der Waals surface area contributed by atoms with Crippen molar-refractivity contribution in [2.75, 3.05) is 18.9 Å². The first kappa shape index (κ1) is 24.1. The highest BCUT2D eigenvalue weighted by molar-refractivity contribution is 7.89.